The molecule has 24 heavy (non-hydrogen) atoms. The van der Waals surface area contributed by atoms with Crippen LogP contribution in [0.1, 0.15) is 61.8 Å². The average molecular weight is 325 g/mol. The Morgan fingerprint density at radius 3 is 2.12 bits per heavy atom. The van der Waals surface area contributed by atoms with E-state index in [1.54, 1.807) is 12.2 Å². The Bertz CT molecular complexity index is 539. The summed E-state index contributed by atoms with van der Waals surface area (Å²) in [5, 5.41) is 0. The normalized spacial score (nSPS) is 16.0. The fourth-order valence-corrected chi connectivity index (χ4v) is 3.02. The summed E-state index contributed by atoms with van der Waals surface area (Å²) in [4.78, 5) is 0. The molecule has 0 radical (unpaired) electrons. The van der Waals surface area contributed by atoms with Gasteiger partial charge in [-0.1, -0.05) is 82.5 Å². The lowest BCUT2D eigenvalue weighted by Crippen LogP contribution is -2.13. The number of hydrogen-bond donors (Lipinski definition) is 0. The van der Waals surface area contributed by atoms with Crippen molar-refractivity contribution in [2.45, 2.75) is 59.8 Å². The third-order valence-electron chi connectivity index (χ3n) is 4.46. The predicted molar refractivity (Wildman–Crippen MR) is 113 cm³/mol. The number of aryl methyl sites for hydroxylation is 2. The number of hydrogen-bond acceptors (Lipinski definition) is 0. The Hall–Kier alpha value is -1.82. The molecule has 1 aromatic rings. The predicted octanol–water partition coefficient (Wildman–Crippen LogP) is 7.62. The number of benzene rings is 1. The molecule has 1 atom stereocenters. The van der Waals surface area contributed by atoms with Gasteiger partial charge < -0.3 is 0 Å². The standard InChI is InChI=1S/C18H24.C4H6.C2H6/c1-5-16-11-18(15(4)10-14(16)3)12-17-9-7-6-8-13(17)2;1-3-4-2;1-2/h5,10-11,17H,1-2,6-9,12H2,3-4H3;3-4H,1-2H2;1-2H3. The fraction of sp³-hybridized carbons (Fsp3) is 0.417. The van der Waals surface area contributed by atoms with E-state index in [0.29, 0.717) is 5.92 Å². The van der Waals surface area contributed by atoms with Gasteiger partial charge in [-0.2, -0.15) is 0 Å². The Kier molecular flexibility index (Phi) is 11.6. The van der Waals surface area contributed by atoms with Crippen LogP contribution in [0.2, 0.25) is 0 Å². The lowest BCUT2D eigenvalue weighted by Gasteiger charge is -2.25. The largest absolute Gasteiger partial charge is 0.0996 e. The summed E-state index contributed by atoms with van der Waals surface area (Å²) >= 11 is 0. The lowest BCUT2D eigenvalue weighted by atomic mass is 9.80. The molecule has 0 amide bonds. The maximum Gasteiger partial charge on any atom is -0.0165 e. The number of rotatable bonds is 4. The molecule has 0 nitrogen and oxygen atoms in total. The van der Waals surface area contributed by atoms with Gasteiger partial charge in [-0.25, -0.2) is 0 Å². The van der Waals surface area contributed by atoms with Crippen molar-refractivity contribution >= 4 is 6.08 Å². The molecule has 1 aromatic carbocycles. The van der Waals surface area contributed by atoms with E-state index in [2.05, 4.69) is 52.3 Å². The first-order valence-corrected chi connectivity index (χ1v) is 9.17. The zero-order valence-electron chi connectivity index (χ0n) is 16.3. The minimum atomic E-state index is 0.692. The molecule has 0 bridgehead atoms. The molecule has 0 spiro atoms. The van der Waals surface area contributed by atoms with Crippen LogP contribution in [0.15, 0.2) is 56.2 Å². The Balaban J connectivity index is 0.000000773. The molecule has 1 saturated carbocycles. The molecule has 0 heteroatoms. The van der Waals surface area contributed by atoms with Crippen molar-refractivity contribution in [3.8, 4) is 0 Å². The van der Waals surface area contributed by atoms with Crippen molar-refractivity contribution in [1.82, 2.24) is 0 Å². The first-order chi connectivity index (χ1) is 11.5. The summed E-state index contributed by atoms with van der Waals surface area (Å²) in [6, 6.07) is 4.61. The van der Waals surface area contributed by atoms with E-state index in [1.165, 1.54) is 53.5 Å². The van der Waals surface area contributed by atoms with Gasteiger partial charge in [-0.15, -0.1) is 0 Å². The third kappa shape index (κ3) is 7.17. The summed E-state index contributed by atoms with van der Waals surface area (Å²) in [5.41, 5.74) is 6.95. The van der Waals surface area contributed by atoms with Crippen LogP contribution in [-0.2, 0) is 6.42 Å². The molecule has 0 saturated heterocycles. The number of allylic oxidation sites excluding steroid dienone is 3. The fourth-order valence-electron chi connectivity index (χ4n) is 3.02. The molecule has 1 aliphatic carbocycles. The molecule has 132 valence electrons. The van der Waals surface area contributed by atoms with E-state index in [-0.39, 0.29) is 0 Å². The zero-order chi connectivity index (χ0) is 18.5. The van der Waals surface area contributed by atoms with Crippen LogP contribution in [-0.4, -0.2) is 0 Å². The van der Waals surface area contributed by atoms with Gasteiger partial charge in [0.2, 0.25) is 0 Å². The Morgan fingerprint density at radius 1 is 1.00 bits per heavy atom. The maximum atomic E-state index is 4.26. The van der Waals surface area contributed by atoms with Crippen LogP contribution in [0.3, 0.4) is 0 Å². The van der Waals surface area contributed by atoms with E-state index < -0.39 is 0 Å². The van der Waals surface area contributed by atoms with Crippen molar-refractivity contribution in [1.29, 1.82) is 0 Å². The lowest BCUT2D eigenvalue weighted by molar-refractivity contribution is 0.452. The molecule has 1 unspecified atom stereocenters. The topological polar surface area (TPSA) is 0 Å². The highest BCUT2D eigenvalue weighted by Crippen LogP contribution is 2.32. The molecule has 1 fully saturated rings. The molecule has 0 aromatic heterocycles. The van der Waals surface area contributed by atoms with Crippen molar-refractivity contribution in [3.63, 3.8) is 0 Å². The molecular formula is C24H36. The van der Waals surface area contributed by atoms with E-state index >= 15 is 0 Å². The van der Waals surface area contributed by atoms with E-state index in [4.69, 9.17) is 0 Å². The van der Waals surface area contributed by atoms with E-state index in [0.717, 1.165) is 6.42 Å². The SMILES string of the molecule is C=CC=C.C=Cc1cc(CC2CCCCC2=C)c(C)cc1C.CC. The molecule has 0 aliphatic heterocycles. The molecular weight excluding hydrogens is 288 g/mol. The van der Waals surface area contributed by atoms with Gasteiger partial charge in [-0.05, 0) is 67.7 Å². The van der Waals surface area contributed by atoms with Crippen LogP contribution in [0.5, 0.6) is 0 Å². The minimum Gasteiger partial charge on any atom is -0.0996 e. The highest BCUT2D eigenvalue weighted by Gasteiger charge is 2.18. The van der Waals surface area contributed by atoms with Crippen molar-refractivity contribution in [3.05, 3.63) is 78.4 Å². The molecule has 1 aliphatic rings. The van der Waals surface area contributed by atoms with Gasteiger partial charge in [0.1, 0.15) is 0 Å². The highest BCUT2D eigenvalue weighted by atomic mass is 14.2. The van der Waals surface area contributed by atoms with Crippen LogP contribution >= 0.6 is 0 Å². The van der Waals surface area contributed by atoms with Crippen LogP contribution in [0, 0.1) is 19.8 Å². The van der Waals surface area contributed by atoms with E-state index in [9.17, 15) is 0 Å². The van der Waals surface area contributed by atoms with Crippen LogP contribution in [0.25, 0.3) is 6.08 Å². The molecule has 0 heterocycles. The van der Waals surface area contributed by atoms with Crippen LogP contribution in [0.4, 0.5) is 0 Å². The summed E-state index contributed by atoms with van der Waals surface area (Å²) in [5.74, 6) is 0.692. The Labute approximate surface area is 150 Å². The van der Waals surface area contributed by atoms with Crippen molar-refractivity contribution in [2.75, 3.05) is 0 Å². The quantitative estimate of drug-likeness (QED) is 0.394. The summed E-state index contributed by atoms with van der Waals surface area (Å²) in [6.07, 6.45) is 11.6. The molecule has 0 N–H and O–H groups in total. The van der Waals surface area contributed by atoms with E-state index in [1.807, 2.05) is 19.9 Å². The van der Waals surface area contributed by atoms with Gasteiger partial charge in [0.15, 0.2) is 0 Å². The van der Waals surface area contributed by atoms with Gasteiger partial charge in [-0.3, -0.25) is 0 Å². The summed E-state index contributed by atoms with van der Waals surface area (Å²) in [6.45, 7) is 23.3. The minimum absolute atomic E-state index is 0.692. The first-order valence-electron chi connectivity index (χ1n) is 9.17. The first kappa shape index (κ1) is 22.2. The maximum absolute atomic E-state index is 4.26. The molecule has 2 rings (SSSR count). The van der Waals surface area contributed by atoms with Crippen molar-refractivity contribution in [2.24, 2.45) is 5.92 Å². The monoisotopic (exact) mass is 324 g/mol. The smallest absolute Gasteiger partial charge is 0.0165 e. The second-order valence-electron chi connectivity index (χ2n) is 6.12. The second-order valence-corrected chi connectivity index (χ2v) is 6.12. The highest BCUT2D eigenvalue weighted by molar-refractivity contribution is 5.54. The zero-order valence-corrected chi connectivity index (χ0v) is 16.3. The average Bonchev–Trinajstić information content (AvgIpc) is 2.61. The van der Waals surface area contributed by atoms with Crippen molar-refractivity contribution < 1.29 is 0 Å². The summed E-state index contributed by atoms with van der Waals surface area (Å²) < 4.78 is 0. The Morgan fingerprint density at radius 2 is 1.62 bits per heavy atom. The van der Waals surface area contributed by atoms with Gasteiger partial charge in [0, 0.05) is 0 Å². The third-order valence-corrected chi connectivity index (χ3v) is 4.46. The summed E-state index contributed by atoms with van der Waals surface area (Å²) in [7, 11) is 0. The van der Waals surface area contributed by atoms with Gasteiger partial charge in [0.25, 0.3) is 0 Å². The van der Waals surface area contributed by atoms with Gasteiger partial charge >= 0.3 is 0 Å². The van der Waals surface area contributed by atoms with Gasteiger partial charge in [0.05, 0.1) is 0 Å². The van der Waals surface area contributed by atoms with Crippen LogP contribution < -0.4 is 0 Å². The second kappa shape index (κ2) is 12.6.